The van der Waals surface area contributed by atoms with Crippen molar-refractivity contribution in [2.45, 2.75) is 71.9 Å². The number of halogens is 1. The van der Waals surface area contributed by atoms with E-state index in [2.05, 4.69) is 43.8 Å². The van der Waals surface area contributed by atoms with E-state index in [1.807, 2.05) is 51.1 Å². The van der Waals surface area contributed by atoms with Gasteiger partial charge in [0.2, 0.25) is 18.2 Å². The van der Waals surface area contributed by atoms with Gasteiger partial charge in [-0.3, -0.25) is 14.4 Å². The number of likely N-dealkylation sites (tertiary alicyclic amines) is 1. The van der Waals surface area contributed by atoms with E-state index in [9.17, 15) is 24.0 Å². The monoisotopic (exact) mass is 599 g/mol. The second-order valence-corrected chi connectivity index (χ2v) is 13.2. The lowest BCUT2D eigenvalue weighted by Gasteiger charge is -2.28. The van der Waals surface area contributed by atoms with Gasteiger partial charge >= 0.3 is 0 Å². The minimum Gasteiger partial charge on any atom is -0.335 e. The van der Waals surface area contributed by atoms with E-state index >= 15 is 0 Å². The van der Waals surface area contributed by atoms with Crippen LogP contribution < -0.4 is 10.0 Å². The SMILES string of the molecule is CC(C)(C)C.CC1CC(C#N)N(C(=O)CN(C)C(=O)C(NSc2ccc(F)cc2)C(C)C)C1.O=CNc1ccccc1. The molecule has 42 heavy (non-hydrogen) atoms. The molecular formula is C32H46FN5O3S. The summed E-state index contributed by atoms with van der Waals surface area (Å²) in [4.78, 5) is 39.1. The van der Waals surface area contributed by atoms with Crippen LogP contribution in [-0.4, -0.2) is 60.2 Å². The quantitative estimate of drug-likeness (QED) is 0.272. The predicted molar refractivity (Wildman–Crippen MR) is 168 cm³/mol. The van der Waals surface area contributed by atoms with Crippen molar-refractivity contribution in [1.82, 2.24) is 14.5 Å². The van der Waals surface area contributed by atoms with Crippen LogP contribution >= 0.6 is 11.9 Å². The molecule has 1 fully saturated rings. The van der Waals surface area contributed by atoms with E-state index in [1.165, 1.54) is 29.0 Å². The molecule has 0 aromatic heterocycles. The predicted octanol–water partition coefficient (Wildman–Crippen LogP) is 5.97. The number of carbonyl (C=O) groups excluding carboxylic acids is 3. The fourth-order valence-corrected chi connectivity index (χ4v) is 4.67. The van der Waals surface area contributed by atoms with Crippen LogP contribution in [0.2, 0.25) is 0 Å². The number of nitrogens with one attached hydrogen (secondary N) is 2. The van der Waals surface area contributed by atoms with Crippen molar-refractivity contribution in [2.24, 2.45) is 17.3 Å². The minimum atomic E-state index is -0.503. The zero-order valence-corrected chi connectivity index (χ0v) is 26.9. The lowest BCUT2D eigenvalue weighted by Crippen LogP contribution is -2.49. The van der Waals surface area contributed by atoms with Crippen molar-refractivity contribution < 1.29 is 18.8 Å². The fraction of sp³-hybridized carbons (Fsp3) is 0.500. The Morgan fingerprint density at radius 2 is 1.71 bits per heavy atom. The van der Waals surface area contributed by atoms with Crippen LogP contribution in [0.4, 0.5) is 10.1 Å². The lowest BCUT2D eigenvalue weighted by molar-refractivity contribution is -0.140. The van der Waals surface area contributed by atoms with Crippen LogP contribution in [0.5, 0.6) is 0 Å². The summed E-state index contributed by atoms with van der Waals surface area (Å²) in [6, 6.07) is 16.5. The van der Waals surface area contributed by atoms with Crippen LogP contribution in [-0.2, 0) is 14.4 Å². The zero-order valence-electron chi connectivity index (χ0n) is 26.1. The van der Waals surface area contributed by atoms with Gasteiger partial charge in [0.15, 0.2) is 0 Å². The molecule has 3 rings (SSSR count). The number of nitriles is 1. The maximum Gasteiger partial charge on any atom is 0.243 e. The summed E-state index contributed by atoms with van der Waals surface area (Å²) < 4.78 is 16.2. The molecule has 0 spiro atoms. The highest BCUT2D eigenvalue weighted by atomic mass is 32.2. The summed E-state index contributed by atoms with van der Waals surface area (Å²) in [5.41, 5.74) is 1.33. The number of nitrogens with zero attached hydrogens (tertiary/aromatic N) is 3. The van der Waals surface area contributed by atoms with Gasteiger partial charge in [0, 0.05) is 24.2 Å². The van der Waals surface area contributed by atoms with E-state index in [0.29, 0.717) is 24.8 Å². The zero-order chi connectivity index (χ0) is 31.9. The Bertz CT molecular complexity index is 1140. The first-order valence-corrected chi connectivity index (χ1v) is 14.8. The Morgan fingerprint density at radius 3 is 2.21 bits per heavy atom. The van der Waals surface area contributed by atoms with E-state index < -0.39 is 12.1 Å². The Morgan fingerprint density at radius 1 is 1.14 bits per heavy atom. The third-order valence-electron chi connectivity index (χ3n) is 5.78. The standard InChI is InChI=1S/C20H27FN4O2S.C7H7NO.C5H12/c1-13(2)19(23-28-17-7-5-15(21)6-8-17)20(27)24(4)12-18(26)25-11-14(3)9-16(25)10-22;9-6-8-7-4-2-1-3-5-7;1-5(2,3)4/h5-8,13-14,16,19,23H,9,11-12H2,1-4H3;1-6H,(H,8,9);1-4H3. The summed E-state index contributed by atoms with van der Waals surface area (Å²) in [6.07, 6.45) is 1.33. The van der Waals surface area contributed by atoms with E-state index in [1.54, 1.807) is 24.1 Å². The number of para-hydroxylation sites is 1. The van der Waals surface area contributed by atoms with Gasteiger partial charge in [-0.2, -0.15) is 5.26 Å². The van der Waals surface area contributed by atoms with Crippen molar-refractivity contribution in [2.75, 3.05) is 25.5 Å². The molecular weight excluding hydrogens is 553 g/mol. The number of likely N-dealkylation sites (N-methyl/N-ethyl adjacent to an activating group) is 1. The number of rotatable bonds is 9. The molecule has 3 atom stereocenters. The molecule has 0 saturated carbocycles. The lowest BCUT2D eigenvalue weighted by atomic mass is 10.0. The van der Waals surface area contributed by atoms with Gasteiger partial charge < -0.3 is 15.1 Å². The average molecular weight is 600 g/mol. The number of hydrogen-bond donors (Lipinski definition) is 2. The molecule has 0 radical (unpaired) electrons. The van der Waals surface area contributed by atoms with Crippen molar-refractivity contribution >= 4 is 35.9 Å². The summed E-state index contributed by atoms with van der Waals surface area (Å²) in [5, 5.41) is 11.8. The highest BCUT2D eigenvalue weighted by molar-refractivity contribution is 7.97. The number of hydrogen-bond acceptors (Lipinski definition) is 6. The molecule has 0 aliphatic carbocycles. The number of amides is 3. The van der Waals surface area contributed by atoms with Crippen molar-refractivity contribution in [3.63, 3.8) is 0 Å². The molecule has 10 heteroatoms. The molecule has 2 aromatic rings. The van der Waals surface area contributed by atoms with Crippen LogP contribution in [0.1, 0.15) is 54.9 Å². The van der Waals surface area contributed by atoms with Gasteiger partial charge in [-0.1, -0.05) is 66.7 Å². The van der Waals surface area contributed by atoms with Crippen LogP contribution in [0, 0.1) is 34.4 Å². The summed E-state index contributed by atoms with van der Waals surface area (Å²) in [6.45, 7) is 15.1. The van der Waals surface area contributed by atoms with Crippen LogP contribution in [0.3, 0.4) is 0 Å². The van der Waals surface area contributed by atoms with Gasteiger partial charge in [0.1, 0.15) is 11.9 Å². The molecule has 1 aliphatic heterocycles. The number of benzene rings is 2. The summed E-state index contributed by atoms with van der Waals surface area (Å²) in [7, 11) is 1.60. The maximum absolute atomic E-state index is 13.0. The summed E-state index contributed by atoms with van der Waals surface area (Å²) >= 11 is 1.26. The Hall–Kier alpha value is -3.42. The van der Waals surface area contributed by atoms with E-state index in [0.717, 1.165) is 10.6 Å². The van der Waals surface area contributed by atoms with Crippen molar-refractivity contribution in [3.05, 3.63) is 60.4 Å². The minimum absolute atomic E-state index is 0.00309. The van der Waals surface area contributed by atoms with Crippen LogP contribution in [0.15, 0.2) is 59.5 Å². The number of anilines is 1. The van der Waals surface area contributed by atoms with Crippen molar-refractivity contribution in [3.8, 4) is 6.07 Å². The molecule has 3 amide bonds. The second-order valence-electron chi connectivity index (χ2n) is 12.2. The first-order chi connectivity index (χ1) is 19.7. The molecule has 2 aromatic carbocycles. The fourth-order valence-electron chi connectivity index (χ4n) is 3.76. The van der Waals surface area contributed by atoms with Gasteiger partial charge in [0.05, 0.1) is 18.7 Å². The molecule has 230 valence electrons. The first kappa shape index (κ1) is 36.6. The van der Waals surface area contributed by atoms with Gasteiger partial charge in [-0.25, -0.2) is 9.11 Å². The highest BCUT2D eigenvalue weighted by Gasteiger charge is 2.34. The van der Waals surface area contributed by atoms with Gasteiger partial charge in [0.25, 0.3) is 0 Å². The second kappa shape index (κ2) is 18.2. The average Bonchev–Trinajstić information content (AvgIpc) is 3.30. The largest absolute Gasteiger partial charge is 0.335 e. The molecule has 3 unspecified atom stereocenters. The third kappa shape index (κ3) is 14.5. The van der Waals surface area contributed by atoms with Crippen molar-refractivity contribution in [1.29, 1.82) is 5.26 Å². The number of carbonyl (C=O) groups is 3. The molecule has 8 nitrogen and oxygen atoms in total. The molecule has 1 saturated heterocycles. The topological polar surface area (TPSA) is 106 Å². The Kier molecular flexibility index (Phi) is 15.9. The Balaban J connectivity index is 0.000000515. The smallest absolute Gasteiger partial charge is 0.243 e. The molecule has 0 bridgehead atoms. The van der Waals surface area contributed by atoms with Gasteiger partial charge in [-0.05, 0) is 72.0 Å². The molecule has 2 N–H and O–H groups in total. The van der Waals surface area contributed by atoms with E-state index in [-0.39, 0.29) is 36.0 Å². The summed E-state index contributed by atoms with van der Waals surface area (Å²) in [5.74, 6) is -0.436. The van der Waals surface area contributed by atoms with Crippen LogP contribution in [0.25, 0.3) is 0 Å². The van der Waals surface area contributed by atoms with Gasteiger partial charge in [-0.15, -0.1) is 0 Å². The van der Waals surface area contributed by atoms with E-state index in [4.69, 9.17) is 0 Å². The Labute approximate surface area is 255 Å². The molecule has 1 aliphatic rings. The third-order valence-corrected chi connectivity index (χ3v) is 6.66. The molecule has 1 heterocycles. The first-order valence-electron chi connectivity index (χ1n) is 14.0. The highest BCUT2D eigenvalue weighted by Crippen LogP contribution is 2.23. The normalized spacial score (nSPS) is 16.6. The maximum atomic E-state index is 13.0.